The molecule has 0 atom stereocenters. The van der Waals surface area contributed by atoms with Gasteiger partial charge in [-0.25, -0.2) is 13.8 Å². The van der Waals surface area contributed by atoms with Gasteiger partial charge in [-0.1, -0.05) is 0 Å². The summed E-state index contributed by atoms with van der Waals surface area (Å²) in [7, 11) is 0. The Balaban J connectivity index is 2.12. The monoisotopic (exact) mass is 310 g/mol. The number of hydrogen-bond donors (Lipinski definition) is 2. The summed E-state index contributed by atoms with van der Waals surface area (Å²) in [5.74, 6) is -2.50. The third kappa shape index (κ3) is 3.57. The van der Waals surface area contributed by atoms with Crippen molar-refractivity contribution in [2.45, 2.75) is 0 Å². The first-order valence-electron chi connectivity index (χ1n) is 6.11. The molecule has 0 radical (unpaired) electrons. The molecule has 0 aliphatic rings. The summed E-state index contributed by atoms with van der Waals surface area (Å²) in [6, 6.07) is 2.80. The lowest BCUT2D eigenvalue weighted by molar-refractivity contribution is -0.250. The molecule has 0 spiro atoms. The van der Waals surface area contributed by atoms with Gasteiger partial charge in [-0.05, 0) is 12.1 Å². The van der Waals surface area contributed by atoms with Gasteiger partial charge in [0.05, 0.1) is 5.56 Å². The summed E-state index contributed by atoms with van der Waals surface area (Å²) < 4.78 is 31.6. The van der Waals surface area contributed by atoms with Crippen LogP contribution in [-0.4, -0.2) is 30.1 Å². The number of carboxylic acid groups (broad SMARTS) is 1. The van der Waals surface area contributed by atoms with Gasteiger partial charge < -0.3 is 25.0 Å². The molecule has 2 aromatic rings. The first-order valence-corrected chi connectivity index (χ1v) is 6.11. The summed E-state index contributed by atoms with van der Waals surface area (Å²) in [5.41, 5.74) is -0.309. The predicted molar refractivity (Wildman–Crippen MR) is 67.6 cm³/mol. The number of halogens is 2. The second-order valence-electron chi connectivity index (χ2n) is 4.12. The van der Waals surface area contributed by atoms with Gasteiger partial charge in [0.1, 0.15) is 17.7 Å². The fraction of sp³-hybridized carbons (Fsp3) is 0.154. The van der Waals surface area contributed by atoms with E-state index >= 15 is 0 Å². The first kappa shape index (κ1) is 15.4. The van der Waals surface area contributed by atoms with E-state index in [2.05, 4.69) is 10.3 Å². The van der Waals surface area contributed by atoms with Crippen LogP contribution in [0.5, 0.6) is 0 Å². The largest absolute Gasteiger partial charge is 0.530 e. The number of carbonyl (C=O) groups is 2. The number of carbonyl (C=O) groups excluding carboxylic acids is 2. The minimum atomic E-state index is -1.47. The Labute approximate surface area is 123 Å². The van der Waals surface area contributed by atoms with Crippen molar-refractivity contribution < 1.29 is 27.9 Å². The highest BCUT2D eigenvalue weighted by Gasteiger charge is 2.20. The molecule has 1 aromatic carbocycles. The summed E-state index contributed by atoms with van der Waals surface area (Å²) in [6.45, 7) is -0.0861. The molecule has 2 N–H and O–H groups in total. The van der Waals surface area contributed by atoms with Crippen LogP contribution >= 0.6 is 0 Å². The summed E-state index contributed by atoms with van der Waals surface area (Å²) >= 11 is 0. The van der Waals surface area contributed by atoms with E-state index in [9.17, 15) is 23.5 Å². The smallest absolute Gasteiger partial charge is 0.273 e. The molecule has 0 aliphatic heterocycles. The summed E-state index contributed by atoms with van der Waals surface area (Å²) in [6.07, 6.45) is -0.517. The fourth-order valence-electron chi connectivity index (χ4n) is 1.70. The van der Waals surface area contributed by atoms with Gasteiger partial charge in [-0.15, -0.1) is 0 Å². The van der Waals surface area contributed by atoms with Crippen molar-refractivity contribution in [1.82, 2.24) is 15.6 Å². The van der Waals surface area contributed by atoms with Crippen molar-refractivity contribution in [2.75, 3.05) is 13.1 Å². The Morgan fingerprint density at radius 1 is 1.23 bits per heavy atom. The van der Waals surface area contributed by atoms with E-state index in [4.69, 9.17) is 4.42 Å². The number of nitrogens with one attached hydrogen (secondary N) is 2. The molecule has 0 unspecified atom stereocenters. The topological polar surface area (TPSA) is 107 Å². The molecule has 2 rings (SSSR count). The number of aromatic nitrogens is 1. The second-order valence-corrected chi connectivity index (χ2v) is 4.12. The highest BCUT2D eigenvalue weighted by Crippen LogP contribution is 2.26. The number of oxazole rings is 1. The average Bonchev–Trinajstić information content (AvgIpc) is 2.92. The van der Waals surface area contributed by atoms with E-state index in [-0.39, 0.29) is 30.1 Å². The maximum atomic E-state index is 13.7. The highest BCUT2D eigenvalue weighted by molar-refractivity contribution is 5.97. The number of hydrogen-bond acceptors (Lipinski definition) is 5. The highest BCUT2D eigenvalue weighted by atomic mass is 19.1. The molecule has 0 saturated heterocycles. The lowest BCUT2D eigenvalue weighted by atomic mass is 10.1. The quantitative estimate of drug-likeness (QED) is 0.771. The molecule has 0 saturated carbocycles. The molecule has 1 aromatic heterocycles. The van der Waals surface area contributed by atoms with Crippen LogP contribution in [0, 0.1) is 11.6 Å². The van der Waals surface area contributed by atoms with Crippen molar-refractivity contribution in [1.29, 1.82) is 0 Å². The third-order valence-electron chi connectivity index (χ3n) is 2.64. The lowest BCUT2D eigenvalue weighted by Crippen LogP contribution is -2.41. The zero-order valence-electron chi connectivity index (χ0n) is 11.1. The van der Waals surface area contributed by atoms with Crippen LogP contribution in [0.25, 0.3) is 11.3 Å². The van der Waals surface area contributed by atoms with Crippen molar-refractivity contribution in [3.05, 3.63) is 41.9 Å². The molecule has 7 nitrogen and oxygen atoms in total. The maximum absolute atomic E-state index is 13.7. The standard InChI is InChI=1S/C13H11F2N3O4/c14-7-1-2-8(9(15)5-7)11-10(18-6-22-11)12(19)16-3-4-17-13(20)21/h1-2,5-6,17H,3-4H2,(H,16,19)(H,20,21)/p-1. The van der Waals surface area contributed by atoms with Gasteiger partial charge in [-0.3, -0.25) is 4.79 Å². The van der Waals surface area contributed by atoms with Gasteiger partial charge in [0.25, 0.3) is 5.91 Å². The SMILES string of the molecule is O=C([O-])NCCNC(=O)c1ncoc1-c1ccc(F)cc1F. The van der Waals surface area contributed by atoms with Crippen LogP contribution in [0.1, 0.15) is 10.5 Å². The summed E-state index contributed by atoms with van der Waals surface area (Å²) in [5, 5.41) is 14.5. The molecule has 9 heteroatoms. The van der Waals surface area contributed by atoms with Gasteiger partial charge in [-0.2, -0.15) is 0 Å². The van der Waals surface area contributed by atoms with Gasteiger partial charge in [0.15, 0.2) is 17.8 Å². The molecule has 116 valence electrons. The number of rotatable bonds is 5. The third-order valence-corrected chi connectivity index (χ3v) is 2.64. The summed E-state index contributed by atoms with van der Waals surface area (Å²) in [4.78, 5) is 25.7. The Bertz CT molecular complexity index is 702. The predicted octanol–water partition coefficient (Wildman–Crippen LogP) is 0.282. The van der Waals surface area contributed by atoms with Crippen LogP contribution in [0.2, 0.25) is 0 Å². The van der Waals surface area contributed by atoms with Crippen molar-refractivity contribution in [3.63, 3.8) is 0 Å². The first-order chi connectivity index (χ1) is 10.5. The van der Waals surface area contributed by atoms with Crippen molar-refractivity contribution in [2.24, 2.45) is 0 Å². The van der Waals surface area contributed by atoms with Crippen LogP contribution in [0.15, 0.2) is 29.0 Å². The van der Waals surface area contributed by atoms with Crippen molar-refractivity contribution in [3.8, 4) is 11.3 Å². The van der Waals surface area contributed by atoms with E-state index < -0.39 is 23.6 Å². The molecule has 1 heterocycles. The second kappa shape index (κ2) is 6.66. The molecule has 22 heavy (non-hydrogen) atoms. The van der Waals surface area contributed by atoms with Crippen LogP contribution in [0.3, 0.4) is 0 Å². The van der Waals surface area contributed by atoms with E-state index in [0.717, 1.165) is 18.5 Å². The fourth-order valence-corrected chi connectivity index (χ4v) is 1.70. The van der Waals surface area contributed by atoms with E-state index in [1.165, 1.54) is 0 Å². The van der Waals surface area contributed by atoms with Gasteiger partial charge in [0, 0.05) is 19.2 Å². The van der Waals surface area contributed by atoms with Crippen molar-refractivity contribution >= 4 is 12.0 Å². The molecule has 0 aliphatic carbocycles. The number of nitrogens with zero attached hydrogens (tertiary/aromatic N) is 1. The minimum absolute atomic E-state index is 0.0228. The van der Waals surface area contributed by atoms with Gasteiger partial charge >= 0.3 is 0 Å². The number of benzene rings is 1. The number of amides is 2. The van der Waals surface area contributed by atoms with Crippen LogP contribution in [0.4, 0.5) is 13.6 Å². The molecular formula is C13H10F2N3O4-. The lowest BCUT2D eigenvalue weighted by Gasteiger charge is -2.07. The van der Waals surface area contributed by atoms with Crippen LogP contribution < -0.4 is 15.7 Å². The van der Waals surface area contributed by atoms with E-state index in [0.29, 0.717) is 6.07 Å². The molecule has 2 amide bonds. The Morgan fingerprint density at radius 3 is 2.64 bits per heavy atom. The molecule has 0 fully saturated rings. The van der Waals surface area contributed by atoms with Gasteiger partial charge in [0.2, 0.25) is 0 Å². The molecule has 0 bridgehead atoms. The van der Waals surface area contributed by atoms with E-state index in [1.54, 1.807) is 0 Å². The minimum Gasteiger partial charge on any atom is -0.530 e. The van der Waals surface area contributed by atoms with Crippen LogP contribution in [-0.2, 0) is 0 Å². The molecular weight excluding hydrogens is 300 g/mol. The Hall–Kier alpha value is -2.97. The zero-order chi connectivity index (χ0) is 16.1. The average molecular weight is 310 g/mol. The normalized spacial score (nSPS) is 10.3. The Morgan fingerprint density at radius 2 is 1.95 bits per heavy atom. The maximum Gasteiger partial charge on any atom is 0.273 e. The van der Waals surface area contributed by atoms with E-state index in [1.807, 2.05) is 5.32 Å². The Kier molecular flexibility index (Phi) is 4.66. The zero-order valence-corrected chi connectivity index (χ0v) is 11.1.